The molecule has 29 heavy (non-hydrogen) atoms. The monoisotopic (exact) mass is 385 g/mol. The minimum atomic E-state index is 0.0492. The lowest BCUT2D eigenvalue weighted by molar-refractivity contribution is -0.377. The number of rotatable bonds is 3. The van der Waals surface area contributed by atoms with Gasteiger partial charge < -0.3 is 14.3 Å². The molecule has 4 aromatic rings. The molecule has 0 bridgehead atoms. The van der Waals surface area contributed by atoms with Gasteiger partial charge in [0.2, 0.25) is 0 Å². The first-order chi connectivity index (χ1) is 14.3. The van der Waals surface area contributed by atoms with Crippen LogP contribution in [-0.4, -0.2) is 42.1 Å². The fourth-order valence-electron chi connectivity index (χ4n) is 3.81. The summed E-state index contributed by atoms with van der Waals surface area (Å²) in [6, 6.07) is 19.6. The van der Waals surface area contributed by atoms with E-state index in [0.717, 1.165) is 29.6 Å². The van der Waals surface area contributed by atoms with Gasteiger partial charge in [0, 0.05) is 55.1 Å². The number of hydrogen-bond donors (Lipinski definition) is 0. The highest BCUT2D eigenvalue weighted by molar-refractivity contribution is 6.01. The molecule has 0 aliphatic carbocycles. The highest BCUT2D eigenvalue weighted by Crippen LogP contribution is 2.29. The van der Waals surface area contributed by atoms with E-state index in [1.807, 2.05) is 65.8 Å². The number of hydrogen-bond acceptors (Lipinski definition) is 4. The van der Waals surface area contributed by atoms with E-state index in [4.69, 9.17) is 4.52 Å². The Hall–Kier alpha value is -3.67. The molecule has 1 aliphatic heterocycles. The number of aromatic nitrogens is 2. The number of nitrogens with zero attached hydrogens (tertiary/aromatic N) is 3. The second-order valence-corrected chi connectivity index (χ2v) is 7.15. The van der Waals surface area contributed by atoms with Crippen LogP contribution in [0.25, 0.3) is 22.2 Å². The van der Waals surface area contributed by atoms with Crippen LogP contribution in [0, 0.1) is 0 Å². The minimum absolute atomic E-state index is 0.0492. The van der Waals surface area contributed by atoms with Crippen molar-refractivity contribution in [3.8, 4) is 11.3 Å². The van der Waals surface area contributed by atoms with E-state index in [-0.39, 0.29) is 5.91 Å². The Balaban J connectivity index is 1.36. The molecule has 5 rings (SSSR count). The molecule has 0 radical (unpaired) electrons. The third-order valence-electron chi connectivity index (χ3n) is 5.39. The minimum Gasteiger partial charge on any atom is -0.368 e. The van der Waals surface area contributed by atoms with Gasteiger partial charge in [0.1, 0.15) is 5.52 Å². The van der Waals surface area contributed by atoms with Crippen LogP contribution < -0.4 is 9.88 Å². The van der Waals surface area contributed by atoms with Crippen LogP contribution in [0.1, 0.15) is 10.4 Å². The standard InChI is InChI=1S/C23H20N4O2/c28-23(27-14-12-26(13-15-27)19-8-10-24-11-9-19)18-6-7-21-20(16-18)22(29-25-21)17-4-2-1-3-5-17/h1-11,16H,12-15H2/p+1. The summed E-state index contributed by atoms with van der Waals surface area (Å²) in [5, 5.41) is 5.00. The first-order valence-electron chi connectivity index (χ1n) is 9.75. The van der Waals surface area contributed by atoms with Gasteiger partial charge in [-0.25, -0.2) is 4.98 Å². The highest BCUT2D eigenvalue weighted by atomic mass is 16.5. The average molecular weight is 385 g/mol. The molecule has 3 heterocycles. The molecule has 0 unspecified atom stereocenters. The van der Waals surface area contributed by atoms with Gasteiger partial charge in [-0.2, -0.15) is 0 Å². The van der Waals surface area contributed by atoms with E-state index >= 15 is 0 Å². The third-order valence-corrected chi connectivity index (χ3v) is 5.39. The fraction of sp³-hybridized carbons (Fsp3) is 0.174. The summed E-state index contributed by atoms with van der Waals surface area (Å²) in [4.78, 5) is 20.4. The maximum atomic E-state index is 13.1. The molecule has 0 atom stereocenters. The number of benzene rings is 2. The molecular formula is C23H21N4O2+. The van der Waals surface area contributed by atoms with Gasteiger partial charge in [-0.15, -0.1) is 0 Å². The number of aromatic amines is 1. The van der Waals surface area contributed by atoms with Crippen molar-refractivity contribution in [3.63, 3.8) is 0 Å². The van der Waals surface area contributed by atoms with E-state index in [9.17, 15) is 4.79 Å². The summed E-state index contributed by atoms with van der Waals surface area (Å²) < 4.78 is 5.56. The van der Waals surface area contributed by atoms with Crippen LogP contribution in [0.15, 0.2) is 77.6 Å². The molecule has 1 aliphatic rings. The van der Waals surface area contributed by atoms with E-state index < -0.39 is 0 Å². The number of pyridine rings is 1. The Morgan fingerprint density at radius 2 is 1.69 bits per heavy atom. The number of carbonyl (C=O) groups excluding carboxylic acids is 1. The van der Waals surface area contributed by atoms with E-state index in [1.165, 1.54) is 5.69 Å². The number of amides is 1. The third kappa shape index (κ3) is 3.33. The summed E-state index contributed by atoms with van der Waals surface area (Å²) in [7, 11) is 0. The number of nitrogens with one attached hydrogen (secondary N) is 1. The Kier molecular flexibility index (Phi) is 4.44. The van der Waals surface area contributed by atoms with Gasteiger partial charge >= 0.3 is 0 Å². The first-order valence-corrected chi connectivity index (χ1v) is 9.75. The van der Waals surface area contributed by atoms with Crippen LogP contribution in [-0.2, 0) is 0 Å². The molecule has 144 valence electrons. The fourth-order valence-corrected chi connectivity index (χ4v) is 3.81. The predicted molar refractivity (Wildman–Crippen MR) is 111 cm³/mol. The van der Waals surface area contributed by atoms with Gasteiger partial charge in [0.25, 0.3) is 5.91 Å². The Morgan fingerprint density at radius 1 is 0.931 bits per heavy atom. The van der Waals surface area contributed by atoms with Crippen molar-refractivity contribution in [2.75, 3.05) is 31.1 Å². The summed E-state index contributed by atoms with van der Waals surface area (Å²) in [5.41, 5.74) is 3.55. The molecule has 6 nitrogen and oxygen atoms in total. The molecule has 0 saturated carbocycles. The van der Waals surface area contributed by atoms with E-state index in [2.05, 4.69) is 27.2 Å². The number of carbonyl (C=O) groups is 1. The summed E-state index contributed by atoms with van der Waals surface area (Å²) in [5.74, 6) is 0.745. The van der Waals surface area contributed by atoms with Crippen molar-refractivity contribution in [3.05, 3.63) is 78.6 Å². The van der Waals surface area contributed by atoms with Crippen molar-refractivity contribution in [2.24, 2.45) is 0 Å². The van der Waals surface area contributed by atoms with Crippen LogP contribution in [0.3, 0.4) is 0 Å². The molecule has 1 fully saturated rings. The molecular weight excluding hydrogens is 364 g/mol. The lowest BCUT2D eigenvalue weighted by atomic mass is 10.1. The van der Waals surface area contributed by atoms with Crippen LogP contribution in [0.5, 0.6) is 0 Å². The van der Waals surface area contributed by atoms with Crippen molar-refractivity contribution < 1.29 is 14.3 Å². The van der Waals surface area contributed by atoms with Crippen molar-refractivity contribution >= 4 is 22.5 Å². The molecule has 1 amide bonds. The van der Waals surface area contributed by atoms with Crippen molar-refractivity contribution in [1.29, 1.82) is 0 Å². The zero-order valence-electron chi connectivity index (χ0n) is 15.9. The highest BCUT2D eigenvalue weighted by Gasteiger charge is 2.23. The quantitative estimate of drug-likeness (QED) is 0.543. The number of H-pyrrole nitrogens is 1. The average Bonchev–Trinajstić information content (AvgIpc) is 3.23. The van der Waals surface area contributed by atoms with Gasteiger partial charge in [-0.1, -0.05) is 35.5 Å². The molecule has 2 aromatic carbocycles. The molecule has 2 aromatic heterocycles. The summed E-state index contributed by atoms with van der Waals surface area (Å²) in [6.07, 6.45) is 3.84. The van der Waals surface area contributed by atoms with Crippen LogP contribution >= 0.6 is 0 Å². The molecule has 1 saturated heterocycles. The SMILES string of the molecule is O=C(c1ccc2noc(-c3ccccc3)c2c1)N1CCN(c2cc[nH+]cc2)CC1. The predicted octanol–water partition coefficient (Wildman–Crippen LogP) is 3.27. The Morgan fingerprint density at radius 3 is 2.45 bits per heavy atom. The largest absolute Gasteiger partial charge is 0.368 e. The normalized spacial score (nSPS) is 14.3. The second kappa shape index (κ2) is 7.39. The maximum absolute atomic E-state index is 13.1. The molecule has 0 spiro atoms. The van der Waals surface area contributed by atoms with E-state index in [1.54, 1.807) is 0 Å². The summed E-state index contributed by atoms with van der Waals surface area (Å²) >= 11 is 0. The smallest absolute Gasteiger partial charge is 0.254 e. The Labute approximate surface area is 168 Å². The lowest BCUT2D eigenvalue weighted by Crippen LogP contribution is -2.48. The van der Waals surface area contributed by atoms with Gasteiger partial charge in [-0.05, 0) is 18.2 Å². The first kappa shape index (κ1) is 17.4. The van der Waals surface area contributed by atoms with Gasteiger partial charge in [-0.3, -0.25) is 4.79 Å². The van der Waals surface area contributed by atoms with Crippen LogP contribution in [0.4, 0.5) is 5.69 Å². The van der Waals surface area contributed by atoms with E-state index in [0.29, 0.717) is 24.4 Å². The van der Waals surface area contributed by atoms with Crippen LogP contribution in [0.2, 0.25) is 0 Å². The lowest BCUT2D eigenvalue weighted by Gasteiger charge is -2.35. The maximum Gasteiger partial charge on any atom is 0.254 e. The number of fused-ring (bicyclic) bond motifs is 1. The van der Waals surface area contributed by atoms with Crippen molar-refractivity contribution in [2.45, 2.75) is 0 Å². The van der Waals surface area contributed by atoms with Gasteiger partial charge in [0.05, 0.1) is 5.39 Å². The molecule has 6 heteroatoms. The Bertz CT molecular complexity index is 1130. The summed E-state index contributed by atoms with van der Waals surface area (Å²) in [6.45, 7) is 3.04. The molecule has 1 N–H and O–H groups in total. The van der Waals surface area contributed by atoms with Crippen molar-refractivity contribution in [1.82, 2.24) is 10.1 Å². The number of piperazine rings is 1. The topological polar surface area (TPSA) is 63.7 Å². The second-order valence-electron chi connectivity index (χ2n) is 7.15. The zero-order valence-corrected chi connectivity index (χ0v) is 15.9. The zero-order chi connectivity index (χ0) is 19.6. The van der Waals surface area contributed by atoms with Gasteiger partial charge in [0.15, 0.2) is 18.2 Å². The number of anilines is 1.